The third-order valence-corrected chi connectivity index (χ3v) is 3.91. The average Bonchev–Trinajstić information content (AvgIpc) is 2.96. The van der Waals surface area contributed by atoms with Crippen LogP contribution in [0.1, 0.15) is 18.4 Å². The highest BCUT2D eigenvalue weighted by Gasteiger charge is 2.29. The number of hydrogen-bond acceptors (Lipinski definition) is 4. The molecule has 0 unspecified atom stereocenters. The molecule has 1 aromatic rings. The lowest BCUT2D eigenvalue weighted by atomic mass is 10.1. The molecule has 5 nitrogen and oxygen atoms in total. The van der Waals surface area contributed by atoms with Crippen molar-refractivity contribution in [3.05, 3.63) is 27.7 Å². The summed E-state index contributed by atoms with van der Waals surface area (Å²) < 4.78 is 34.8. The van der Waals surface area contributed by atoms with E-state index < -0.39 is 12.7 Å². The molecule has 1 aromatic carbocycles. The van der Waals surface area contributed by atoms with Crippen molar-refractivity contribution in [2.24, 2.45) is 5.73 Å². The van der Waals surface area contributed by atoms with E-state index in [9.17, 15) is 13.6 Å². The van der Waals surface area contributed by atoms with E-state index in [1.807, 2.05) is 0 Å². The van der Waals surface area contributed by atoms with Gasteiger partial charge in [-0.05, 0) is 25.0 Å². The van der Waals surface area contributed by atoms with E-state index in [1.165, 1.54) is 12.1 Å². The number of carbonyl (C=O) groups excluding carboxylic acids is 1. The standard InChI is InChI=1S/C14H16Cl2F2N2O3/c15-8-3-7(12(10(16)4-8)23-14(17)18)6-20-13(21)11-2-1-9(5-19)22-11/h3-4,9,11,14H,1-2,5-6,19H2,(H,20,21)/t9-,11+/m1/s1. The van der Waals surface area contributed by atoms with Crippen LogP contribution in [-0.2, 0) is 16.1 Å². The maximum absolute atomic E-state index is 12.5. The Morgan fingerprint density at radius 2 is 2.17 bits per heavy atom. The Morgan fingerprint density at radius 1 is 1.43 bits per heavy atom. The van der Waals surface area contributed by atoms with Crippen molar-refractivity contribution >= 4 is 29.1 Å². The van der Waals surface area contributed by atoms with Crippen LogP contribution in [0.25, 0.3) is 0 Å². The molecular weight excluding hydrogens is 353 g/mol. The molecule has 0 saturated carbocycles. The van der Waals surface area contributed by atoms with Gasteiger partial charge in [-0.3, -0.25) is 4.79 Å². The number of halogens is 4. The summed E-state index contributed by atoms with van der Waals surface area (Å²) in [7, 11) is 0. The minimum Gasteiger partial charge on any atom is -0.433 e. The quantitative estimate of drug-likeness (QED) is 0.809. The highest BCUT2D eigenvalue weighted by atomic mass is 35.5. The maximum Gasteiger partial charge on any atom is 0.387 e. The molecule has 1 aliphatic rings. The van der Waals surface area contributed by atoms with E-state index >= 15 is 0 Å². The number of rotatable bonds is 6. The van der Waals surface area contributed by atoms with Crippen molar-refractivity contribution in [3.8, 4) is 5.75 Å². The van der Waals surface area contributed by atoms with Crippen LogP contribution >= 0.6 is 23.2 Å². The third-order valence-electron chi connectivity index (χ3n) is 3.41. The second-order valence-corrected chi connectivity index (χ2v) is 5.88. The van der Waals surface area contributed by atoms with Crippen LogP contribution in [0.3, 0.4) is 0 Å². The van der Waals surface area contributed by atoms with E-state index in [0.29, 0.717) is 19.4 Å². The smallest absolute Gasteiger partial charge is 0.387 e. The van der Waals surface area contributed by atoms with Crippen molar-refractivity contribution in [2.45, 2.75) is 38.2 Å². The average molecular weight is 369 g/mol. The molecule has 0 bridgehead atoms. The van der Waals surface area contributed by atoms with Crippen LogP contribution in [-0.4, -0.2) is 31.3 Å². The first-order valence-corrected chi connectivity index (χ1v) is 7.72. The number of ether oxygens (including phenoxy) is 2. The first-order valence-electron chi connectivity index (χ1n) is 6.96. The lowest BCUT2D eigenvalue weighted by molar-refractivity contribution is -0.132. The van der Waals surface area contributed by atoms with Gasteiger partial charge in [0.2, 0.25) is 5.91 Å². The van der Waals surface area contributed by atoms with Crippen LogP contribution in [0.4, 0.5) is 8.78 Å². The van der Waals surface area contributed by atoms with Gasteiger partial charge in [-0.2, -0.15) is 8.78 Å². The SMILES string of the molecule is NC[C@H]1CC[C@@H](C(=O)NCc2cc(Cl)cc(Cl)c2OC(F)F)O1. The molecular formula is C14H16Cl2F2N2O3. The van der Waals surface area contributed by atoms with Crippen molar-refractivity contribution in [1.29, 1.82) is 0 Å². The van der Waals surface area contributed by atoms with Gasteiger partial charge in [0.15, 0.2) is 0 Å². The van der Waals surface area contributed by atoms with Crippen molar-refractivity contribution in [2.75, 3.05) is 6.54 Å². The summed E-state index contributed by atoms with van der Waals surface area (Å²) in [6.07, 6.45) is 0.531. The first kappa shape index (κ1) is 18.2. The molecule has 1 amide bonds. The maximum atomic E-state index is 12.5. The summed E-state index contributed by atoms with van der Waals surface area (Å²) in [4.78, 5) is 12.1. The summed E-state index contributed by atoms with van der Waals surface area (Å²) in [5.41, 5.74) is 5.74. The van der Waals surface area contributed by atoms with Crippen LogP contribution in [0.15, 0.2) is 12.1 Å². The Bertz CT molecular complexity index is 575. The minimum absolute atomic E-state index is 0.0534. The molecule has 0 aromatic heterocycles. The zero-order chi connectivity index (χ0) is 17.0. The van der Waals surface area contributed by atoms with Crippen LogP contribution in [0.2, 0.25) is 10.0 Å². The van der Waals surface area contributed by atoms with E-state index in [2.05, 4.69) is 10.1 Å². The molecule has 1 fully saturated rings. The zero-order valence-corrected chi connectivity index (χ0v) is 13.5. The second-order valence-electron chi connectivity index (χ2n) is 5.03. The Hall–Kier alpha value is -1.15. The molecule has 0 radical (unpaired) electrons. The van der Waals surface area contributed by atoms with Gasteiger partial charge in [-0.1, -0.05) is 23.2 Å². The number of nitrogens with one attached hydrogen (secondary N) is 1. The Morgan fingerprint density at radius 3 is 2.78 bits per heavy atom. The predicted octanol–water partition coefficient (Wildman–Crippen LogP) is 2.72. The molecule has 9 heteroatoms. The third kappa shape index (κ3) is 4.91. The Labute approximate surface area is 142 Å². The molecule has 1 aliphatic heterocycles. The normalized spacial score (nSPS) is 20.8. The lowest BCUT2D eigenvalue weighted by Crippen LogP contribution is -2.35. The number of alkyl halides is 2. The summed E-state index contributed by atoms with van der Waals surface area (Å²) >= 11 is 11.7. The lowest BCUT2D eigenvalue weighted by Gasteiger charge is -2.16. The number of nitrogens with two attached hydrogens (primary N) is 1. The molecule has 3 N–H and O–H groups in total. The van der Waals surface area contributed by atoms with E-state index in [0.717, 1.165) is 0 Å². The summed E-state index contributed by atoms with van der Waals surface area (Å²) in [5.74, 6) is -0.557. The molecule has 128 valence electrons. The highest BCUT2D eigenvalue weighted by molar-refractivity contribution is 6.35. The number of hydrogen-bond donors (Lipinski definition) is 2. The first-order chi connectivity index (χ1) is 10.9. The molecule has 1 heterocycles. The minimum atomic E-state index is -3.04. The number of carbonyl (C=O) groups is 1. The Balaban J connectivity index is 2.03. The molecule has 2 rings (SSSR count). The van der Waals surface area contributed by atoms with Crippen molar-refractivity contribution < 1.29 is 23.0 Å². The summed E-state index contributed by atoms with van der Waals surface area (Å²) in [6.45, 7) is -2.75. The van der Waals surface area contributed by atoms with E-state index in [-0.39, 0.29) is 39.9 Å². The van der Waals surface area contributed by atoms with Gasteiger partial charge in [0.1, 0.15) is 11.9 Å². The number of amides is 1. The Kier molecular flexibility index (Phi) is 6.41. The summed E-state index contributed by atoms with van der Waals surface area (Å²) in [6, 6.07) is 2.70. The van der Waals surface area contributed by atoms with Crippen LogP contribution in [0, 0.1) is 0 Å². The molecule has 23 heavy (non-hydrogen) atoms. The fourth-order valence-corrected chi connectivity index (χ4v) is 2.91. The van der Waals surface area contributed by atoms with Crippen LogP contribution < -0.4 is 15.8 Å². The molecule has 0 aliphatic carbocycles. The van der Waals surface area contributed by atoms with Crippen LogP contribution in [0.5, 0.6) is 5.75 Å². The monoisotopic (exact) mass is 368 g/mol. The fraction of sp³-hybridized carbons (Fsp3) is 0.500. The molecule has 0 spiro atoms. The van der Waals surface area contributed by atoms with Gasteiger partial charge in [0.25, 0.3) is 0 Å². The van der Waals surface area contributed by atoms with Gasteiger partial charge in [-0.15, -0.1) is 0 Å². The van der Waals surface area contributed by atoms with E-state index in [1.54, 1.807) is 0 Å². The van der Waals surface area contributed by atoms with Crippen molar-refractivity contribution in [3.63, 3.8) is 0 Å². The summed E-state index contributed by atoms with van der Waals surface area (Å²) in [5, 5.41) is 2.80. The van der Waals surface area contributed by atoms with Gasteiger partial charge in [0, 0.05) is 23.7 Å². The van der Waals surface area contributed by atoms with Gasteiger partial charge in [-0.25, -0.2) is 0 Å². The number of benzene rings is 1. The predicted molar refractivity (Wildman–Crippen MR) is 81.9 cm³/mol. The van der Waals surface area contributed by atoms with E-state index in [4.69, 9.17) is 33.7 Å². The van der Waals surface area contributed by atoms with Gasteiger partial charge < -0.3 is 20.5 Å². The second kappa shape index (κ2) is 8.10. The van der Waals surface area contributed by atoms with Crippen molar-refractivity contribution in [1.82, 2.24) is 5.32 Å². The largest absolute Gasteiger partial charge is 0.433 e. The molecule has 2 atom stereocenters. The highest BCUT2D eigenvalue weighted by Crippen LogP contribution is 2.33. The van der Waals surface area contributed by atoms with Gasteiger partial charge in [0.05, 0.1) is 11.1 Å². The zero-order valence-electron chi connectivity index (χ0n) is 12.0. The molecule has 1 saturated heterocycles. The van der Waals surface area contributed by atoms with Gasteiger partial charge >= 0.3 is 6.61 Å². The fourth-order valence-electron chi connectivity index (χ4n) is 2.33. The topological polar surface area (TPSA) is 73.6 Å².